The predicted molar refractivity (Wildman–Crippen MR) is 123 cm³/mol. The summed E-state index contributed by atoms with van der Waals surface area (Å²) in [4.78, 5) is 21.0. The second-order valence-electron chi connectivity index (χ2n) is 9.35. The fraction of sp³-hybridized carbons (Fsp3) is 0.435. The molecule has 32 heavy (non-hydrogen) atoms. The lowest BCUT2D eigenvalue weighted by atomic mass is 10.0. The second kappa shape index (κ2) is 8.61. The molecule has 1 aromatic carbocycles. The molecule has 1 N–H and O–H groups in total. The highest BCUT2D eigenvalue weighted by Crippen LogP contribution is 2.34. The molecule has 0 spiro atoms. The molecule has 2 aliphatic heterocycles. The van der Waals surface area contributed by atoms with Crippen LogP contribution >= 0.6 is 12.2 Å². The minimum Gasteiger partial charge on any atom is -0.444 e. The van der Waals surface area contributed by atoms with Gasteiger partial charge in [0, 0.05) is 61.5 Å². The van der Waals surface area contributed by atoms with Crippen LogP contribution in [0.15, 0.2) is 36.7 Å². The Kier molecular flexibility index (Phi) is 6.03. The van der Waals surface area contributed by atoms with Gasteiger partial charge in [-0.2, -0.15) is 0 Å². The van der Waals surface area contributed by atoms with Crippen LogP contribution in [-0.4, -0.2) is 52.7 Å². The lowest BCUT2D eigenvalue weighted by Gasteiger charge is -2.26. The van der Waals surface area contributed by atoms with E-state index in [0.29, 0.717) is 35.5 Å². The number of halogens is 2. The Hall–Kier alpha value is -2.81. The van der Waals surface area contributed by atoms with Crippen molar-refractivity contribution in [2.45, 2.75) is 26.4 Å². The SMILES string of the molecule is CC(C)(C)OC(=O)N1CC2CN(c3cncc(C(=S)Nc4cc(F)cc(F)c4)c3)CC2C1. The Bertz CT molecular complexity index is 1010. The number of nitrogens with one attached hydrogen (secondary N) is 1. The first-order chi connectivity index (χ1) is 15.1. The summed E-state index contributed by atoms with van der Waals surface area (Å²) in [5, 5.41) is 2.87. The van der Waals surface area contributed by atoms with Gasteiger partial charge in [0.15, 0.2) is 0 Å². The molecule has 0 radical (unpaired) electrons. The smallest absolute Gasteiger partial charge is 0.410 e. The Morgan fingerprint density at radius 1 is 1.06 bits per heavy atom. The van der Waals surface area contributed by atoms with Crippen LogP contribution in [0.1, 0.15) is 26.3 Å². The molecule has 3 heterocycles. The number of fused-ring (bicyclic) bond motifs is 1. The first kappa shape index (κ1) is 22.4. The summed E-state index contributed by atoms with van der Waals surface area (Å²) in [7, 11) is 0. The maximum absolute atomic E-state index is 13.4. The van der Waals surface area contributed by atoms with Crippen molar-refractivity contribution in [1.82, 2.24) is 9.88 Å². The van der Waals surface area contributed by atoms with Crippen molar-refractivity contribution in [1.29, 1.82) is 0 Å². The number of anilines is 2. The Morgan fingerprint density at radius 2 is 1.69 bits per heavy atom. The van der Waals surface area contributed by atoms with Crippen LogP contribution in [0.25, 0.3) is 0 Å². The number of nitrogens with zero attached hydrogens (tertiary/aromatic N) is 3. The fourth-order valence-corrected chi connectivity index (χ4v) is 4.46. The normalized spacial score (nSPS) is 20.3. The number of benzene rings is 1. The molecule has 1 aromatic heterocycles. The zero-order valence-electron chi connectivity index (χ0n) is 18.3. The highest BCUT2D eigenvalue weighted by Gasteiger charge is 2.42. The van der Waals surface area contributed by atoms with Crippen LogP contribution in [0.5, 0.6) is 0 Å². The van der Waals surface area contributed by atoms with Crippen LogP contribution in [0.4, 0.5) is 25.0 Å². The number of aromatic nitrogens is 1. The number of carbonyl (C=O) groups is 1. The minimum absolute atomic E-state index is 0.246. The van der Waals surface area contributed by atoms with Gasteiger partial charge in [0.1, 0.15) is 22.2 Å². The van der Waals surface area contributed by atoms with E-state index in [-0.39, 0.29) is 11.8 Å². The van der Waals surface area contributed by atoms with Crippen LogP contribution in [0.3, 0.4) is 0 Å². The summed E-state index contributed by atoms with van der Waals surface area (Å²) in [5.74, 6) is -0.615. The summed E-state index contributed by atoms with van der Waals surface area (Å²) in [5.41, 5.74) is 1.33. The number of amides is 1. The zero-order chi connectivity index (χ0) is 23.0. The van der Waals surface area contributed by atoms with Crippen LogP contribution < -0.4 is 10.2 Å². The van der Waals surface area contributed by atoms with Gasteiger partial charge in [-0.15, -0.1) is 0 Å². The van der Waals surface area contributed by atoms with Crippen molar-refractivity contribution < 1.29 is 18.3 Å². The monoisotopic (exact) mass is 460 g/mol. The topological polar surface area (TPSA) is 57.7 Å². The van der Waals surface area contributed by atoms with Gasteiger partial charge in [-0.1, -0.05) is 12.2 Å². The van der Waals surface area contributed by atoms with Gasteiger partial charge in [-0.25, -0.2) is 13.6 Å². The Balaban J connectivity index is 1.39. The number of likely N-dealkylation sites (tertiary alicyclic amines) is 1. The van der Waals surface area contributed by atoms with Gasteiger partial charge in [0.05, 0.1) is 11.9 Å². The number of ether oxygens (including phenoxy) is 1. The second-order valence-corrected chi connectivity index (χ2v) is 9.76. The van der Waals surface area contributed by atoms with E-state index in [1.165, 1.54) is 12.1 Å². The molecule has 0 saturated carbocycles. The van der Waals surface area contributed by atoms with Crippen molar-refractivity contribution in [3.05, 3.63) is 53.9 Å². The predicted octanol–water partition coefficient (Wildman–Crippen LogP) is 4.45. The van der Waals surface area contributed by atoms with E-state index in [2.05, 4.69) is 15.2 Å². The summed E-state index contributed by atoms with van der Waals surface area (Å²) in [6, 6.07) is 5.10. The first-order valence-electron chi connectivity index (χ1n) is 10.5. The number of hydrogen-bond acceptors (Lipinski definition) is 5. The lowest BCUT2D eigenvalue weighted by Crippen LogP contribution is -2.37. The molecule has 2 atom stereocenters. The number of hydrogen-bond donors (Lipinski definition) is 1. The van der Waals surface area contributed by atoms with Gasteiger partial charge in [0.2, 0.25) is 0 Å². The summed E-state index contributed by atoms with van der Waals surface area (Å²) >= 11 is 5.42. The van der Waals surface area contributed by atoms with E-state index in [0.717, 1.165) is 24.8 Å². The van der Waals surface area contributed by atoms with Gasteiger partial charge >= 0.3 is 6.09 Å². The average molecular weight is 461 g/mol. The Morgan fingerprint density at radius 3 is 2.28 bits per heavy atom. The molecule has 170 valence electrons. The molecule has 2 aliphatic rings. The van der Waals surface area contributed by atoms with E-state index < -0.39 is 17.2 Å². The zero-order valence-corrected chi connectivity index (χ0v) is 19.1. The molecule has 0 bridgehead atoms. The van der Waals surface area contributed by atoms with E-state index in [4.69, 9.17) is 17.0 Å². The summed E-state index contributed by atoms with van der Waals surface area (Å²) < 4.78 is 32.4. The molecule has 2 saturated heterocycles. The highest BCUT2D eigenvalue weighted by atomic mass is 32.1. The number of carbonyl (C=O) groups excluding carboxylic acids is 1. The van der Waals surface area contributed by atoms with Crippen molar-refractivity contribution >= 4 is 34.7 Å². The molecule has 9 heteroatoms. The van der Waals surface area contributed by atoms with Gasteiger partial charge in [-0.3, -0.25) is 4.98 Å². The maximum Gasteiger partial charge on any atom is 0.410 e. The average Bonchev–Trinajstić information content (AvgIpc) is 3.25. The Labute approximate surface area is 191 Å². The van der Waals surface area contributed by atoms with Crippen molar-refractivity contribution in [3.8, 4) is 0 Å². The molecule has 2 unspecified atom stereocenters. The molecule has 2 fully saturated rings. The third-order valence-corrected chi connectivity index (χ3v) is 5.95. The van der Waals surface area contributed by atoms with Crippen LogP contribution in [-0.2, 0) is 4.74 Å². The molecule has 0 aliphatic carbocycles. The van der Waals surface area contributed by atoms with E-state index in [9.17, 15) is 13.6 Å². The van der Waals surface area contributed by atoms with Gasteiger partial charge in [-0.05, 0) is 39.0 Å². The van der Waals surface area contributed by atoms with Gasteiger partial charge in [0.25, 0.3) is 0 Å². The van der Waals surface area contributed by atoms with E-state index >= 15 is 0 Å². The fourth-order valence-electron chi connectivity index (χ4n) is 4.23. The van der Waals surface area contributed by atoms with Crippen molar-refractivity contribution in [2.24, 2.45) is 11.8 Å². The number of pyridine rings is 1. The third kappa shape index (κ3) is 5.15. The molecule has 2 aromatic rings. The highest BCUT2D eigenvalue weighted by molar-refractivity contribution is 7.81. The lowest BCUT2D eigenvalue weighted by molar-refractivity contribution is 0.0282. The molecular weight excluding hydrogens is 434 g/mol. The summed E-state index contributed by atoms with van der Waals surface area (Å²) in [6.45, 7) is 8.58. The maximum atomic E-state index is 13.4. The van der Waals surface area contributed by atoms with Crippen molar-refractivity contribution in [3.63, 3.8) is 0 Å². The molecule has 4 rings (SSSR count). The van der Waals surface area contributed by atoms with E-state index in [1.807, 2.05) is 26.8 Å². The first-order valence-corrected chi connectivity index (χ1v) is 10.9. The van der Waals surface area contributed by atoms with Crippen molar-refractivity contribution in [2.75, 3.05) is 36.4 Å². The standard InChI is InChI=1S/C23H26F2N4O2S/c1-23(2,3)31-22(30)29-12-15-10-28(11-16(15)13-29)20-4-14(8-26-9-20)21(32)27-19-6-17(24)5-18(25)7-19/h4-9,15-16H,10-13H2,1-3H3,(H,27,32). The molecule has 1 amide bonds. The largest absolute Gasteiger partial charge is 0.444 e. The minimum atomic E-state index is -0.675. The number of thiocarbonyl (C=S) groups is 1. The quantitative estimate of drug-likeness (QED) is 0.683. The summed E-state index contributed by atoms with van der Waals surface area (Å²) in [6.07, 6.45) is 3.14. The van der Waals surface area contributed by atoms with Crippen LogP contribution in [0, 0.1) is 23.5 Å². The molecular formula is C23H26F2N4O2S. The van der Waals surface area contributed by atoms with Gasteiger partial charge < -0.3 is 19.9 Å². The third-order valence-electron chi connectivity index (χ3n) is 5.61. The van der Waals surface area contributed by atoms with Crippen LogP contribution in [0.2, 0.25) is 0 Å². The number of rotatable bonds is 3. The van der Waals surface area contributed by atoms with E-state index in [1.54, 1.807) is 17.3 Å². The molecule has 6 nitrogen and oxygen atoms in total.